The summed E-state index contributed by atoms with van der Waals surface area (Å²) >= 11 is 1.62. The third-order valence-corrected chi connectivity index (χ3v) is 5.58. The van der Waals surface area contributed by atoms with Crippen LogP contribution >= 0.6 is 11.3 Å². The number of benzene rings is 1. The van der Waals surface area contributed by atoms with E-state index in [1.54, 1.807) is 25.5 Å². The summed E-state index contributed by atoms with van der Waals surface area (Å²) in [6, 6.07) is 8.14. The minimum atomic E-state index is 0.0176. The van der Waals surface area contributed by atoms with Gasteiger partial charge in [0.2, 0.25) is 0 Å². The summed E-state index contributed by atoms with van der Waals surface area (Å²) in [4.78, 5) is 15.8. The van der Waals surface area contributed by atoms with E-state index in [0.717, 1.165) is 33.5 Å². The molecule has 0 bridgehead atoms. The fraction of sp³-hybridized carbons (Fsp3) is 0.421. The van der Waals surface area contributed by atoms with Crippen molar-refractivity contribution >= 4 is 28.3 Å². The van der Waals surface area contributed by atoms with Gasteiger partial charge in [-0.25, -0.2) is 9.97 Å². The molecule has 3 rings (SSSR count). The number of nitrogens with one attached hydrogen (secondary N) is 1. The average molecular weight is 387 g/mol. The van der Waals surface area contributed by atoms with Crippen LogP contribution in [0.5, 0.6) is 0 Å². The van der Waals surface area contributed by atoms with Gasteiger partial charge in [0.1, 0.15) is 16.9 Å². The Hall–Kier alpha value is -2.45. The number of ether oxygens (including phenoxy) is 1. The molecule has 0 spiro atoms. The molecule has 0 radical (unpaired) electrons. The van der Waals surface area contributed by atoms with Crippen molar-refractivity contribution in [2.75, 3.05) is 21.2 Å². The number of para-hydroxylation sites is 2. The van der Waals surface area contributed by atoms with E-state index >= 15 is 0 Å². The fourth-order valence-corrected chi connectivity index (χ4v) is 3.74. The highest BCUT2D eigenvalue weighted by Gasteiger charge is 2.14. The van der Waals surface area contributed by atoms with Crippen LogP contribution < -0.4 is 5.32 Å². The molecule has 7 nitrogen and oxygen atoms in total. The van der Waals surface area contributed by atoms with Gasteiger partial charge >= 0.3 is 0 Å². The van der Waals surface area contributed by atoms with Crippen molar-refractivity contribution in [2.24, 2.45) is 12.0 Å². The van der Waals surface area contributed by atoms with Gasteiger partial charge in [-0.3, -0.25) is 4.99 Å². The number of fused-ring (bicyclic) bond motifs is 1. The minimum absolute atomic E-state index is 0.0176. The van der Waals surface area contributed by atoms with Gasteiger partial charge in [0, 0.05) is 33.6 Å². The lowest BCUT2D eigenvalue weighted by Gasteiger charge is -2.21. The van der Waals surface area contributed by atoms with Crippen LogP contribution in [0.1, 0.15) is 29.6 Å². The quantitative estimate of drug-likeness (QED) is 0.521. The summed E-state index contributed by atoms with van der Waals surface area (Å²) in [5, 5.41) is 6.45. The number of aryl methyl sites for hydroxylation is 1. The summed E-state index contributed by atoms with van der Waals surface area (Å²) in [6.45, 7) is 3.28. The number of imidazole rings is 1. The summed E-state index contributed by atoms with van der Waals surface area (Å²) in [7, 11) is 7.52. The smallest absolute Gasteiger partial charge is 0.194 e. The molecule has 1 atom stereocenters. The molecule has 0 aliphatic rings. The van der Waals surface area contributed by atoms with E-state index in [1.807, 2.05) is 39.2 Å². The largest absolute Gasteiger partial charge is 0.375 e. The number of methoxy groups -OCH3 is 1. The number of guanidine groups is 1. The average Bonchev–Trinajstić information content (AvgIpc) is 3.27. The van der Waals surface area contributed by atoms with E-state index in [1.165, 1.54) is 0 Å². The maximum absolute atomic E-state index is 5.34. The zero-order chi connectivity index (χ0) is 19.4. The van der Waals surface area contributed by atoms with Gasteiger partial charge in [0.05, 0.1) is 29.8 Å². The van der Waals surface area contributed by atoms with Crippen LogP contribution in [0.25, 0.3) is 11.0 Å². The molecule has 0 saturated carbocycles. The van der Waals surface area contributed by atoms with Crippen molar-refractivity contribution in [1.82, 2.24) is 24.8 Å². The first-order valence-corrected chi connectivity index (χ1v) is 9.70. The first kappa shape index (κ1) is 19.3. The van der Waals surface area contributed by atoms with Crippen LogP contribution in [0.3, 0.4) is 0 Å². The Morgan fingerprint density at radius 1 is 1.37 bits per heavy atom. The standard InChI is InChI=1S/C19H26N6OS/c1-13(26-5)18-22-14(12-27-18)11-24(3)19(20-2)21-10-17-23-15-8-6-7-9-16(15)25(17)4/h6-9,12-13H,10-11H2,1-5H3,(H,20,21). The lowest BCUT2D eigenvalue weighted by molar-refractivity contribution is 0.119. The lowest BCUT2D eigenvalue weighted by atomic mass is 10.3. The van der Waals surface area contributed by atoms with Crippen molar-refractivity contribution in [1.29, 1.82) is 0 Å². The third-order valence-electron chi connectivity index (χ3n) is 4.53. The van der Waals surface area contributed by atoms with Crippen LogP contribution in [0.15, 0.2) is 34.6 Å². The number of rotatable bonds is 6. The van der Waals surface area contributed by atoms with Crippen LogP contribution in [0.2, 0.25) is 0 Å². The van der Waals surface area contributed by atoms with Gasteiger partial charge in [-0.05, 0) is 19.1 Å². The summed E-state index contributed by atoms with van der Waals surface area (Å²) in [5.74, 6) is 1.77. The number of aliphatic imine (C=N–C) groups is 1. The Balaban J connectivity index is 1.64. The molecule has 2 heterocycles. The van der Waals surface area contributed by atoms with Crippen molar-refractivity contribution < 1.29 is 4.74 Å². The van der Waals surface area contributed by atoms with E-state index in [2.05, 4.69) is 36.2 Å². The van der Waals surface area contributed by atoms with E-state index in [0.29, 0.717) is 13.1 Å². The number of thiazole rings is 1. The molecule has 0 amide bonds. The third kappa shape index (κ3) is 4.28. The van der Waals surface area contributed by atoms with Gasteiger partial charge in [-0.2, -0.15) is 0 Å². The number of hydrogen-bond donors (Lipinski definition) is 1. The van der Waals surface area contributed by atoms with Gasteiger partial charge in [-0.15, -0.1) is 11.3 Å². The van der Waals surface area contributed by atoms with Crippen LogP contribution in [-0.2, 0) is 24.9 Å². The normalized spacial score (nSPS) is 13.1. The number of hydrogen-bond acceptors (Lipinski definition) is 5. The van der Waals surface area contributed by atoms with E-state index in [-0.39, 0.29) is 6.10 Å². The molecule has 2 aromatic heterocycles. The molecule has 3 aromatic rings. The highest BCUT2D eigenvalue weighted by atomic mass is 32.1. The Morgan fingerprint density at radius 3 is 2.85 bits per heavy atom. The predicted octanol–water partition coefficient (Wildman–Crippen LogP) is 2.94. The zero-order valence-electron chi connectivity index (χ0n) is 16.4. The van der Waals surface area contributed by atoms with Gasteiger partial charge < -0.3 is 19.5 Å². The molecule has 0 aliphatic heterocycles. The molecule has 0 fully saturated rings. The topological polar surface area (TPSA) is 67.6 Å². The first-order chi connectivity index (χ1) is 13.0. The zero-order valence-corrected chi connectivity index (χ0v) is 17.2. The van der Waals surface area contributed by atoms with E-state index in [9.17, 15) is 0 Å². The highest BCUT2D eigenvalue weighted by molar-refractivity contribution is 7.09. The van der Waals surface area contributed by atoms with Crippen LogP contribution in [0.4, 0.5) is 0 Å². The predicted molar refractivity (Wildman–Crippen MR) is 110 cm³/mol. The molecule has 1 aromatic carbocycles. The summed E-state index contributed by atoms with van der Waals surface area (Å²) < 4.78 is 7.44. The van der Waals surface area contributed by atoms with Crippen LogP contribution in [-0.4, -0.2) is 46.6 Å². The number of aromatic nitrogens is 3. The lowest BCUT2D eigenvalue weighted by Crippen LogP contribution is -2.38. The summed E-state index contributed by atoms with van der Waals surface area (Å²) in [5.41, 5.74) is 3.13. The fourth-order valence-electron chi connectivity index (χ4n) is 2.90. The second-order valence-corrected chi connectivity index (χ2v) is 7.28. The van der Waals surface area contributed by atoms with E-state index < -0.39 is 0 Å². The highest BCUT2D eigenvalue weighted by Crippen LogP contribution is 2.21. The monoisotopic (exact) mass is 386 g/mol. The second kappa shape index (κ2) is 8.49. The first-order valence-electron chi connectivity index (χ1n) is 8.82. The molecule has 0 saturated heterocycles. The number of nitrogens with zero attached hydrogens (tertiary/aromatic N) is 5. The SMILES string of the molecule is CN=C(NCc1nc2ccccc2n1C)N(C)Cc1csc(C(C)OC)n1. The molecule has 8 heteroatoms. The van der Waals surface area contributed by atoms with Gasteiger partial charge in [0.15, 0.2) is 5.96 Å². The molecule has 0 aliphatic carbocycles. The van der Waals surface area contributed by atoms with Crippen molar-refractivity contribution in [2.45, 2.75) is 26.1 Å². The molecule has 1 N–H and O–H groups in total. The minimum Gasteiger partial charge on any atom is -0.375 e. The summed E-state index contributed by atoms with van der Waals surface area (Å²) in [6.07, 6.45) is 0.0176. The maximum atomic E-state index is 5.34. The molecule has 1 unspecified atom stereocenters. The second-order valence-electron chi connectivity index (χ2n) is 6.39. The molecular formula is C19H26N6OS. The van der Waals surface area contributed by atoms with Gasteiger partial charge in [0.25, 0.3) is 0 Å². The Labute approximate surface area is 163 Å². The van der Waals surface area contributed by atoms with Crippen LogP contribution in [0, 0.1) is 0 Å². The Morgan fingerprint density at radius 2 is 2.15 bits per heavy atom. The van der Waals surface area contributed by atoms with Crippen molar-refractivity contribution in [3.8, 4) is 0 Å². The molecular weight excluding hydrogens is 360 g/mol. The van der Waals surface area contributed by atoms with E-state index in [4.69, 9.17) is 9.72 Å². The molecule has 144 valence electrons. The van der Waals surface area contributed by atoms with Gasteiger partial charge in [-0.1, -0.05) is 12.1 Å². The maximum Gasteiger partial charge on any atom is 0.194 e. The van der Waals surface area contributed by atoms with Crippen molar-refractivity contribution in [3.63, 3.8) is 0 Å². The van der Waals surface area contributed by atoms with Crippen molar-refractivity contribution in [3.05, 3.63) is 46.2 Å². The Bertz CT molecular complexity index is 931. The molecule has 27 heavy (non-hydrogen) atoms. The Kier molecular flexibility index (Phi) is 6.08.